The van der Waals surface area contributed by atoms with Crippen LogP contribution in [0.3, 0.4) is 0 Å². The summed E-state index contributed by atoms with van der Waals surface area (Å²) in [7, 11) is 0. The number of carbonyl (C=O) groups is 1. The molecule has 0 radical (unpaired) electrons. The smallest absolute Gasteiger partial charge is 0.328 e. The van der Waals surface area contributed by atoms with Gasteiger partial charge in [0.05, 0.1) is 0 Å². The van der Waals surface area contributed by atoms with Crippen LogP contribution in [0.4, 0.5) is 6.01 Å². The Kier molecular flexibility index (Phi) is 3.14. The van der Waals surface area contributed by atoms with Gasteiger partial charge in [0.25, 0.3) is 5.91 Å². The highest BCUT2D eigenvalue weighted by Gasteiger charge is 2.15. The van der Waals surface area contributed by atoms with Gasteiger partial charge in [0.2, 0.25) is 0 Å². The van der Waals surface area contributed by atoms with Crippen LogP contribution in [0.1, 0.15) is 36.1 Å². The van der Waals surface area contributed by atoms with Crippen LogP contribution >= 0.6 is 11.6 Å². The summed E-state index contributed by atoms with van der Waals surface area (Å²) in [6.45, 7) is 3.84. The van der Waals surface area contributed by atoms with Gasteiger partial charge in [0, 0.05) is 5.92 Å². The topological polar surface area (TPSA) is 81.2 Å². The minimum absolute atomic E-state index is 0.0335. The van der Waals surface area contributed by atoms with Gasteiger partial charge in [-0.05, 0) is 23.7 Å². The molecule has 0 aliphatic carbocycles. The molecular weight excluding hydrogens is 246 g/mol. The monoisotopic (exact) mass is 255 g/mol. The predicted molar refractivity (Wildman–Crippen MR) is 60.1 cm³/mol. The Balaban J connectivity index is 2.07. The van der Waals surface area contributed by atoms with Crippen LogP contribution < -0.4 is 5.32 Å². The van der Waals surface area contributed by atoms with E-state index >= 15 is 0 Å². The second kappa shape index (κ2) is 4.58. The molecule has 2 heterocycles. The molecule has 7 heteroatoms. The molecule has 0 saturated heterocycles. The van der Waals surface area contributed by atoms with Crippen molar-refractivity contribution in [2.24, 2.45) is 0 Å². The number of nitrogens with zero attached hydrogens (tertiary/aromatic N) is 2. The van der Waals surface area contributed by atoms with Crippen molar-refractivity contribution >= 4 is 23.5 Å². The molecular formula is C10H10ClN3O3. The number of aromatic nitrogens is 2. The Bertz CT molecular complexity index is 532. The highest BCUT2D eigenvalue weighted by Crippen LogP contribution is 2.16. The first kappa shape index (κ1) is 11.7. The van der Waals surface area contributed by atoms with Gasteiger partial charge in [-0.25, -0.2) is 0 Å². The normalized spacial score (nSPS) is 10.8. The van der Waals surface area contributed by atoms with E-state index in [4.69, 9.17) is 20.5 Å². The molecule has 0 aliphatic rings. The van der Waals surface area contributed by atoms with Crippen LogP contribution in [0.2, 0.25) is 5.22 Å². The average Bonchev–Trinajstić information content (AvgIpc) is 2.86. The fraction of sp³-hybridized carbons (Fsp3) is 0.300. The third kappa shape index (κ3) is 2.65. The number of halogens is 1. The molecule has 0 spiro atoms. The third-order valence-corrected chi connectivity index (χ3v) is 2.18. The number of carbonyl (C=O) groups excluding carboxylic acids is 1. The average molecular weight is 256 g/mol. The van der Waals surface area contributed by atoms with Gasteiger partial charge in [-0.2, -0.15) is 4.98 Å². The van der Waals surface area contributed by atoms with Crippen molar-refractivity contribution < 1.29 is 13.7 Å². The lowest BCUT2D eigenvalue weighted by Gasteiger charge is -1.95. The summed E-state index contributed by atoms with van der Waals surface area (Å²) >= 11 is 5.56. The molecule has 2 aromatic rings. The van der Waals surface area contributed by atoms with E-state index in [1.807, 2.05) is 13.8 Å². The Hall–Kier alpha value is -1.82. The number of anilines is 1. The van der Waals surface area contributed by atoms with Crippen molar-refractivity contribution in [2.75, 3.05) is 5.32 Å². The van der Waals surface area contributed by atoms with Gasteiger partial charge in [-0.1, -0.05) is 19.0 Å². The molecule has 0 saturated carbocycles. The molecule has 90 valence electrons. The van der Waals surface area contributed by atoms with Crippen molar-refractivity contribution in [1.82, 2.24) is 10.1 Å². The fourth-order valence-corrected chi connectivity index (χ4v) is 1.26. The summed E-state index contributed by atoms with van der Waals surface area (Å²) < 4.78 is 9.79. The van der Waals surface area contributed by atoms with E-state index < -0.39 is 5.91 Å². The molecule has 0 unspecified atom stereocenters. The number of hydrogen-bond acceptors (Lipinski definition) is 5. The lowest BCUT2D eigenvalue weighted by molar-refractivity contribution is 0.0993. The molecule has 17 heavy (non-hydrogen) atoms. The Morgan fingerprint density at radius 2 is 2.24 bits per heavy atom. The SMILES string of the molecule is CC(C)c1noc(NC(=O)c2ccc(Cl)o2)n1. The third-order valence-electron chi connectivity index (χ3n) is 1.98. The minimum Gasteiger partial charge on any atom is -0.440 e. The zero-order valence-electron chi connectivity index (χ0n) is 9.23. The van der Waals surface area contributed by atoms with Gasteiger partial charge < -0.3 is 8.94 Å². The van der Waals surface area contributed by atoms with Crippen molar-refractivity contribution in [3.05, 3.63) is 28.9 Å². The summed E-state index contributed by atoms with van der Waals surface area (Å²) in [5, 5.41) is 6.27. The van der Waals surface area contributed by atoms with E-state index in [2.05, 4.69) is 15.5 Å². The van der Waals surface area contributed by atoms with Crippen molar-refractivity contribution in [2.45, 2.75) is 19.8 Å². The maximum Gasteiger partial charge on any atom is 0.328 e. The standard InChI is InChI=1S/C10H10ClN3O3/c1-5(2)8-12-10(17-14-8)13-9(15)6-3-4-7(11)16-6/h3-5H,1-2H3,(H,12,13,14,15). The van der Waals surface area contributed by atoms with Crippen LogP contribution in [0, 0.1) is 0 Å². The fourth-order valence-electron chi connectivity index (χ4n) is 1.12. The highest BCUT2D eigenvalue weighted by atomic mass is 35.5. The number of nitrogens with one attached hydrogen (secondary N) is 1. The summed E-state index contributed by atoms with van der Waals surface area (Å²) in [5.41, 5.74) is 0. The zero-order chi connectivity index (χ0) is 12.4. The quantitative estimate of drug-likeness (QED) is 0.912. The van der Waals surface area contributed by atoms with E-state index in [1.54, 1.807) is 0 Å². The second-order valence-electron chi connectivity index (χ2n) is 3.67. The number of amides is 1. The maximum absolute atomic E-state index is 11.6. The van der Waals surface area contributed by atoms with Crippen LogP contribution in [0.5, 0.6) is 0 Å². The number of hydrogen-bond donors (Lipinski definition) is 1. The molecule has 6 nitrogen and oxygen atoms in total. The molecule has 2 aromatic heterocycles. The van der Waals surface area contributed by atoms with Crippen molar-refractivity contribution in [3.63, 3.8) is 0 Å². The van der Waals surface area contributed by atoms with Crippen molar-refractivity contribution in [1.29, 1.82) is 0 Å². The molecule has 0 aliphatic heterocycles. The molecule has 1 amide bonds. The van der Waals surface area contributed by atoms with E-state index in [0.29, 0.717) is 5.82 Å². The minimum atomic E-state index is -0.490. The second-order valence-corrected chi connectivity index (χ2v) is 4.04. The lowest BCUT2D eigenvalue weighted by Crippen LogP contribution is -2.11. The summed E-state index contributed by atoms with van der Waals surface area (Å²) in [6, 6.07) is 2.97. The van der Waals surface area contributed by atoms with Crippen LogP contribution in [0.25, 0.3) is 0 Å². The maximum atomic E-state index is 11.6. The number of rotatable bonds is 3. The highest BCUT2D eigenvalue weighted by molar-refractivity contribution is 6.29. The van der Waals surface area contributed by atoms with Gasteiger partial charge >= 0.3 is 6.01 Å². The van der Waals surface area contributed by atoms with Gasteiger partial charge in [0.1, 0.15) is 0 Å². The van der Waals surface area contributed by atoms with Gasteiger partial charge in [0.15, 0.2) is 16.8 Å². The summed E-state index contributed by atoms with van der Waals surface area (Å²) in [4.78, 5) is 15.6. The summed E-state index contributed by atoms with van der Waals surface area (Å²) in [5.74, 6) is 0.246. The van der Waals surface area contributed by atoms with Crippen LogP contribution in [0.15, 0.2) is 21.1 Å². The molecule has 0 atom stereocenters. The first-order valence-electron chi connectivity index (χ1n) is 4.96. The van der Waals surface area contributed by atoms with E-state index in [0.717, 1.165) is 0 Å². The lowest BCUT2D eigenvalue weighted by atomic mass is 10.2. The zero-order valence-corrected chi connectivity index (χ0v) is 9.99. The van der Waals surface area contributed by atoms with Gasteiger partial charge in [-0.3, -0.25) is 10.1 Å². The molecule has 2 rings (SSSR count). The Labute approximate surface area is 102 Å². The molecule has 0 fully saturated rings. The molecule has 0 bridgehead atoms. The first-order valence-corrected chi connectivity index (χ1v) is 5.34. The summed E-state index contributed by atoms with van der Waals surface area (Å²) in [6.07, 6.45) is 0. The molecule has 0 aromatic carbocycles. The van der Waals surface area contributed by atoms with Gasteiger partial charge in [-0.15, -0.1) is 0 Å². The number of furan rings is 1. The van der Waals surface area contributed by atoms with Crippen LogP contribution in [-0.2, 0) is 0 Å². The van der Waals surface area contributed by atoms with E-state index in [-0.39, 0.29) is 22.9 Å². The first-order chi connectivity index (χ1) is 8.06. The molecule has 1 N–H and O–H groups in total. The largest absolute Gasteiger partial charge is 0.440 e. The van der Waals surface area contributed by atoms with E-state index in [1.165, 1.54) is 12.1 Å². The van der Waals surface area contributed by atoms with Crippen molar-refractivity contribution in [3.8, 4) is 0 Å². The van der Waals surface area contributed by atoms with E-state index in [9.17, 15) is 4.79 Å². The van der Waals surface area contributed by atoms with Crippen LogP contribution in [-0.4, -0.2) is 16.0 Å². The Morgan fingerprint density at radius 3 is 2.76 bits per heavy atom. The predicted octanol–water partition coefficient (Wildman–Crippen LogP) is 2.69. The Morgan fingerprint density at radius 1 is 1.47 bits per heavy atom.